The monoisotopic (exact) mass is 512 g/mol. The number of esters is 2. The third-order valence-electron chi connectivity index (χ3n) is 4.48. The number of carboxylic acid groups (broad SMARTS) is 2. The van der Waals surface area contributed by atoms with E-state index in [0.29, 0.717) is 13.2 Å². The number of halogens is 2. The van der Waals surface area contributed by atoms with E-state index in [9.17, 15) is 19.2 Å². The van der Waals surface area contributed by atoms with Crippen LogP contribution in [0.15, 0.2) is 36.4 Å². The van der Waals surface area contributed by atoms with Gasteiger partial charge in [0.2, 0.25) is 0 Å². The van der Waals surface area contributed by atoms with E-state index < -0.39 is 23.9 Å². The summed E-state index contributed by atoms with van der Waals surface area (Å²) >= 11 is 11.1. The molecule has 4 rings (SSSR count). The molecule has 2 atom stereocenters. The summed E-state index contributed by atoms with van der Waals surface area (Å²) in [5.41, 5.74) is -0.0342. The topological polar surface area (TPSA) is 152 Å². The van der Waals surface area contributed by atoms with E-state index in [0.717, 1.165) is 12.1 Å². The van der Waals surface area contributed by atoms with Crippen LogP contribution in [-0.4, -0.2) is 72.7 Å². The molecule has 0 saturated carbocycles. The van der Waals surface area contributed by atoms with Gasteiger partial charge in [-0.2, -0.15) is 0 Å². The minimum absolute atomic E-state index is 0.00919. The van der Waals surface area contributed by atoms with Crippen LogP contribution in [0.1, 0.15) is 41.4 Å². The Bertz CT molecular complexity index is 1040. The van der Waals surface area contributed by atoms with E-state index in [1.165, 1.54) is 0 Å². The van der Waals surface area contributed by atoms with Crippen molar-refractivity contribution in [2.45, 2.75) is 12.2 Å². The van der Waals surface area contributed by atoms with Crippen LogP contribution in [0.2, 0.25) is 10.0 Å². The molecule has 2 N–H and O–H groups in total. The van der Waals surface area contributed by atoms with E-state index in [4.69, 9.17) is 52.4 Å². The number of benzene rings is 2. The summed E-state index contributed by atoms with van der Waals surface area (Å²) in [4.78, 5) is 45.0. The Morgan fingerprint density at radius 3 is 1.56 bits per heavy atom. The molecule has 180 valence electrons. The molecule has 12 heteroatoms. The van der Waals surface area contributed by atoms with Crippen molar-refractivity contribution >= 4 is 47.1 Å². The highest BCUT2D eigenvalue weighted by atomic mass is 35.5. The number of rotatable bonds is 8. The third kappa shape index (κ3) is 7.16. The van der Waals surface area contributed by atoms with Crippen molar-refractivity contribution in [2.75, 3.05) is 26.4 Å². The second-order valence-corrected chi connectivity index (χ2v) is 7.89. The van der Waals surface area contributed by atoms with Crippen LogP contribution in [-0.2, 0) is 18.9 Å². The van der Waals surface area contributed by atoms with Gasteiger partial charge in [0.15, 0.2) is 0 Å². The Hall–Kier alpha value is -3.18. The first-order chi connectivity index (χ1) is 16.2. The van der Waals surface area contributed by atoms with Gasteiger partial charge in [-0.05, 0) is 24.3 Å². The van der Waals surface area contributed by atoms with Crippen molar-refractivity contribution in [1.29, 1.82) is 0 Å². The van der Waals surface area contributed by atoms with Gasteiger partial charge in [-0.25, -0.2) is 19.2 Å². The van der Waals surface area contributed by atoms with Crippen molar-refractivity contribution in [3.63, 3.8) is 0 Å². The van der Waals surface area contributed by atoms with Crippen molar-refractivity contribution in [2.24, 2.45) is 0 Å². The lowest BCUT2D eigenvalue weighted by molar-refractivity contribution is 0.0430. The van der Waals surface area contributed by atoms with Gasteiger partial charge in [0.05, 0.1) is 45.5 Å². The molecule has 2 fully saturated rings. The normalized spacial score (nSPS) is 17.6. The maximum absolute atomic E-state index is 11.9. The maximum Gasteiger partial charge on any atom is 0.339 e. The summed E-state index contributed by atoms with van der Waals surface area (Å²) < 4.78 is 20.1. The molecule has 2 aromatic carbocycles. The van der Waals surface area contributed by atoms with E-state index in [1.807, 2.05) is 0 Å². The Labute approximate surface area is 202 Å². The SMILES string of the molecule is O=C(O)c1cc(Cl)c(C(=O)O)c(Cl)c1.O=C(OCC1CO1)c1ccccc1C(=O)OCC1CO1. The van der Waals surface area contributed by atoms with Crippen molar-refractivity contribution in [3.05, 3.63) is 68.7 Å². The average molecular weight is 513 g/mol. The van der Waals surface area contributed by atoms with Crippen LogP contribution < -0.4 is 0 Å². The fourth-order valence-electron chi connectivity index (χ4n) is 2.56. The van der Waals surface area contributed by atoms with Crippen LogP contribution in [0.3, 0.4) is 0 Å². The zero-order chi connectivity index (χ0) is 24.8. The Morgan fingerprint density at radius 2 is 1.24 bits per heavy atom. The van der Waals surface area contributed by atoms with Crippen molar-refractivity contribution < 1.29 is 48.3 Å². The maximum atomic E-state index is 11.9. The molecule has 0 spiro atoms. The molecule has 2 heterocycles. The van der Waals surface area contributed by atoms with Crippen LogP contribution in [0.4, 0.5) is 0 Å². The summed E-state index contributed by atoms with van der Waals surface area (Å²) in [6.45, 7) is 1.63. The molecule has 2 saturated heterocycles. The first kappa shape index (κ1) is 25.4. The van der Waals surface area contributed by atoms with Gasteiger partial charge >= 0.3 is 23.9 Å². The fraction of sp³-hybridized carbons (Fsp3) is 0.273. The van der Waals surface area contributed by atoms with Gasteiger partial charge in [-0.1, -0.05) is 35.3 Å². The van der Waals surface area contributed by atoms with Gasteiger partial charge in [0.25, 0.3) is 0 Å². The predicted octanol–water partition coefficient (Wildman–Crippen LogP) is 3.19. The minimum atomic E-state index is -1.29. The molecule has 2 unspecified atom stereocenters. The molecule has 0 aliphatic carbocycles. The number of ether oxygens (including phenoxy) is 4. The van der Waals surface area contributed by atoms with E-state index in [1.54, 1.807) is 24.3 Å². The zero-order valence-corrected chi connectivity index (χ0v) is 18.9. The molecular formula is C22H18Cl2O10. The molecule has 0 aromatic heterocycles. The van der Waals surface area contributed by atoms with Crippen molar-refractivity contribution in [3.8, 4) is 0 Å². The van der Waals surface area contributed by atoms with Gasteiger partial charge < -0.3 is 29.2 Å². The number of carboxylic acids is 2. The number of aromatic carboxylic acids is 2. The zero-order valence-electron chi connectivity index (χ0n) is 17.4. The fourth-order valence-corrected chi connectivity index (χ4v) is 3.21. The highest BCUT2D eigenvalue weighted by molar-refractivity contribution is 6.39. The lowest BCUT2D eigenvalue weighted by Gasteiger charge is -2.08. The highest BCUT2D eigenvalue weighted by Crippen LogP contribution is 2.26. The standard InChI is InChI=1S/C14H14O6.C8H4Cl2O4/c15-13(19-7-9-5-17-9)11-3-1-2-4-12(11)14(16)20-8-10-6-18-10;9-4-1-3(7(11)12)2-5(10)6(4)8(13)14/h1-4,9-10H,5-8H2;1-2H,(H,11,12)(H,13,14). The number of carbonyl (C=O) groups is 4. The smallest absolute Gasteiger partial charge is 0.339 e. The summed E-state index contributed by atoms with van der Waals surface area (Å²) in [6.07, 6.45) is -0.0184. The largest absolute Gasteiger partial charge is 0.478 e. The summed E-state index contributed by atoms with van der Waals surface area (Å²) in [7, 11) is 0. The van der Waals surface area contributed by atoms with Gasteiger partial charge in [0, 0.05) is 0 Å². The molecule has 2 aliphatic rings. The van der Waals surface area contributed by atoms with Gasteiger partial charge in [0.1, 0.15) is 25.4 Å². The van der Waals surface area contributed by atoms with Crippen LogP contribution in [0.25, 0.3) is 0 Å². The number of epoxide rings is 2. The minimum Gasteiger partial charge on any atom is -0.478 e. The Morgan fingerprint density at radius 1 is 0.824 bits per heavy atom. The van der Waals surface area contributed by atoms with Crippen molar-refractivity contribution in [1.82, 2.24) is 0 Å². The molecule has 10 nitrogen and oxygen atoms in total. The first-order valence-electron chi connectivity index (χ1n) is 9.79. The summed E-state index contributed by atoms with van der Waals surface area (Å²) in [5, 5.41) is 16.9. The van der Waals surface area contributed by atoms with Gasteiger partial charge in [-0.15, -0.1) is 0 Å². The second kappa shape index (κ2) is 11.3. The van der Waals surface area contributed by atoms with E-state index in [-0.39, 0.29) is 57.7 Å². The average Bonchev–Trinajstić information content (AvgIpc) is 3.70. The molecule has 2 aromatic rings. The molecule has 2 aliphatic heterocycles. The number of hydrogen-bond acceptors (Lipinski definition) is 8. The van der Waals surface area contributed by atoms with Crippen LogP contribution in [0, 0.1) is 0 Å². The Balaban J connectivity index is 0.000000204. The van der Waals surface area contributed by atoms with Crippen LogP contribution >= 0.6 is 23.2 Å². The molecule has 34 heavy (non-hydrogen) atoms. The molecule has 0 amide bonds. The highest BCUT2D eigenvalue weighted by Gasteiger charge is 2.28. The third-order valence-corrected chi connectivity index (χ3v) is 5.07. The molecule has 0 bridgehead atoms. The lowest BCUT2D eigenvalue weighted by atomic mass is 10.1. The number of hydrogen-bond donors (Lipinski definition) is 2. The van der Waals surface area contributed by atoms with E-state index >= 15 is 0 Å². The van der Waals surface area contributed by atoms with Gasteiger partial charge in [-0.3, -0.25) is 0 Å². The number of carbonyl (C=O) groups excluding carboxylic acids is 2. The van der Waals surface area contributed by atoms with E-state index in [2.05, 4.69) is 0 Å². The first-order valence-corrected chi connectivity index (χ1v) is 10.5. The quantitative estimate of drug-likeness (QED) is 0.398. The summed E-state index contributed by atoms with van der Waals surface area (Å²) in [6, 6.07) is 8.51. The van der Waals surface area contributed by atoms with Crippen LogP contribution in [0.5, 0.6) is 0 Å². The summed E-state index contributed by atoms with van der Waals surface area (Å²) in [5.74, 6) is -3.60. The lowest BCUT2D eigenvalue weighted by Crippen LogP contribution is -2.17. The second-order valence-electron chi connectivity index (χ2n) is 7.08. The predicted molar refractivity (Wildman–Crippen MR) is 117 cm³/mol. The Kier molecular flexibility index (Phi) is 8.46. The molecular weight excluding hydrogens is 495 g/mol. The molecule has 0 radical (unpaired) electrons.